The quantitative estimate of drug-likeness (QED) is 0.773. The lowest BCUT2D eigenvalue weighted by molar-refractivity contribution is 0.294. The van der Waals surface area contributed by atoms with Gasteiger partial charge < -0.3 is 10.2 Å². The SMILES string of the molecule is CC1CC(c2ccc(O)cc2O)CCC1N=O. The van der Waals surface area contributed by atoms with E-state index < -0.39 is 0 Å². The molecule has 0 bridgehead atoms. The van der Waals surface area contributed by atoms with Crippen LogP contribution in [0.4, 0.5) is 0 Å². The molecular weight excluding hydrogens is 218 g/mol. The van der Waals surface area contributed by atoms with Gasteiger partial charge in [0.15, 0.2) is 0 Å². The predicted molar refractivity (Wildman–Crippen MR) is 65.1 cm³/mol. The molecule has 0 heterocycles. The molecule has 1 aliphatic rings. The van der Waals surface area contributed by atoms with Crippen LogP contribution in [0.5, 0.6) is 11.5 Å². The topological polar surface area (TPSA) is 69.9 Å². The summed E-state index contributed by atoms with van der Waals surface area (Å²) in [5.41, 5.74) is 0.860. The lowest BCUT2D eigenvalue weighted by Gasteiger charge is -2.30. The van der Waals surface area contributed by atoms with E-state index in [1.54, 1.807) is 12.1 Å². The van der Waals surface area contributed by atoms with E-state index in [0.717, 1.165) is 24.8 Å². The second-order valence-corrected chi connectivity index (χ2v) is 4.90. The van der Waals surface area contributed by atoms with Crippen LogP contribution in [0.3, 0.4) is 0 Å². The molecule has 4 heteroatoms. The summed E-state index contributed by atoms with van der Waals surface area (Å²) in [6.45, 7) is 2.02. The van der Waals surface area contributed by atoms with E-state index in [4.69, 9.17) is 0 Å². The number of rotatable bonds is 2. The number of nitrogens with zero attached hydrogens (tertiary/aromatic N) is 1. The molecule has 1 saturated carbocycles. The van der Waals surface area contributed by atoms with Crippen LogP contribution in [-0.4, -0.2) is 16.3 Å². The van der Waals surface area contributed by atoms with Crippen LogP contribution < -0.4 is 0 Å². The van der Waals surface area contributed by atoms with Crippen LogP contribution in [0, 0.1) is 10.8 Å². The zero-order chi connectivity index (χ0) is 12.4. The fourth-order valence-electron chi connectivity index (χ4n) is 2.70. The van der Waals surface area contributed by atoms with Gasteiger partial charge in [-0.25, -0.2) is 0 Å². The summed E-state index contributed by atoms with van der Waals surface area (Å²) in [6, 6.07) is 4.62. The Hall–Kier alpha value is -1.58. The average molecular weight is 235 g/mol. The molecule has 92 valence electrons. The number of phenolic OH excluding ortho intramolecular Hbond substituents is 2. The van der Waals surface area contributed by atoms with Gasteiger partial charge in [-0.3, -0.25) is 0 Å². The fraction of sp³-hybridized carbons (Fsp3) is 0.538. The smallest absolute Gasteiger partial charge is 0.122 e. The zero-order valence-corrected chi connectivity index (χ0v) is 9.84. The third-order valence-corrected chi connectivity index (χ3v) is 3.71. The van der Waals surface area contributed by atoms with E-state index in [2.05, 4.69) is 5.18 Å². The first-order valence-corrected chi connectivity index (χ1v) is 5.96. The van der Waals surface area contributed by atoms with Gasteiger partial charge in [0.25, 0.3) is 0 Å². The Bertz CT molecular complexity index is 419. The van der Waals surface area contributed by atoms with Crippen molar-refractivity contribution in [1.29, 1.82) is 0 Å². The zero-order valence-electron chi connectivity index (χ0n) is 9.84. The molecule has 17 heavy (non-hydrogen) atoms. The van der Waals surface area contributed by atoms with Crippen LogP contribution in [0.25, 0.3) is 0 Å². The summed E-state index contributed by atoms with van der Waals surface area (Å²) in [5.74, 6) is 0.713. The lowest BCUT2D eigenvalue weighted by atomic mass is 9.76. The van der Waals surface area contributed by atoms with Gasteiger partial charge in [-0.1, -0.05) is 18.2 Å². The minimum atomic E-state index is -0.0921. The number of phenols is 2. The van der Waals surface area contributed by atoms with Gasteiger partial charge in [-0.15, -0.1) is 0 Å². The number of aromatic hydroxyl groups is 2. The Morgan fingerprint density at radius 1 is 1.29 bits per heavy atom. The molecule has 1 aliphatic carbocycles. The summed E-state index contributed by atoms with van der Waals surface area (Å²) in [4.78, 5) is 10.6. The number of hydrogen-bond donors (Lipinski definition) is 2. The standard InChI is InChI=1S/C13H17NO3/c1-8-6-9(2-5-12(8)14-17)11-4-3-10(15)7-13(11)16/h3-4,7-9,12,15-16H,2,5-6H2,1H3. The molecule has 1 aromatic rings. The van der Waals surface area contributed by atoms with Crippen molar-refractivity contribution in [3.8, 4) is 11.5 Å². The first-order valence-electron chi connectivity index (χ1n) is 5.96. The molecule has 0 saturated heterocycles. The van der Waals surface area contributed by atoms with Crippen LogP contribution in [0.15, 0.2) is 23.4 Å². The van der Waals surface area contributed by atoms with E-state index in [1.807, 2.05) is 6.92 Å². The normalized spacial score (nSPS) is 28.9. The van der Waals surface area contributed by atoms with Crippen molar-refractivity contribution in [3.63, 3.8) is 0 Å². The Balaban J connectivity index is 2.16. The molecule has 2 N–H and O–H groups in total. The van der Waals surface area contributed by atoms with Crippen LogP contribution in [0.1, 0.15) is 37.7 Å². The van der Waals surface area contributed by atoms with E-state index in [-0.39, 0.29) is 29.4 Å². The van der Waals surface area contributed by atoms with Gasteiger partial charge in [0.2, 0.25) is 0 Å². The van der Waals surface area contributed by atoms with Gasteiger partial charge in [0.1, 0.15) is 11.5 Å². The van der Waals surface area contributed by atoms with Crippen molar-refractivity contribution in [2.75, 3.05) is 0 Å². The summed E-state index contributed by atoms with van der Waals surface area (Å²) >= 11 is 0. The van der Waals surface area contributed by atoms with E-state index in [9.17, 15) is 15.1 Å². The highest BCUT2D eigenvalue weighted by atomic mass is 16.3. The second kappa shape index (κ2) is 4.73. The molecule has 2 rings (SSSR count). The van der Waals surface area contributed by atoms with Crippen molar-refractivity contribution in [3.05, 3.63) is 28.7 Å². The van der Waals surface area contributed by atoms with Crippen molar-refractivity contribution >= 4 is 0 Å². The van der Waals surface area contributed by atoms with Crippen LogP contribution in [0.2, 0.25) is 0 Å². The highest BCUT2D eigenvalue weighted by Crippen LogP contribution is 2.41. The van der Waals surface area contributed by atoms with Gasteiger partial charge >= 0.3 is 0 Å². The molecular formula is C13H17NO3. The van der Waals surface area contributed by atoms with Gasteiger partial charge in [0.05, 0.1) is 6.04 Å². The molecule has 1 fully saturated rings. The third kappa shape index (κ3) is 2.40. The van der Waals surface area contributed by atoms with Gasteiger partial charge in [0, 0.05) is 6.07 Å². The Labute approximate surface area is 100 Å². The highest BCUT2D eigenvalue weighted by molar-refractivity contribution is 5.41. The lowest BCUT2D eigenvalue weighted by Crippen LogP contribution is -2.24. The third-order valence-electron chi connectivity index (χ3n) is 3.71. The Morgan fingerprint density at radius 3 is 2.65 bits per heavy atom. The Morgan fingerprint density at radius 2 is 2.06 bits per heavy atom. The average Bonchev–Trinajstić information content (AvgIpc) is 2.29. The minimum absolute atomic E-state index is 0.0718. The molecule has 3 unspecified atom stereocenters. The maximum Gasteiger partial charge on any atom is 0.122 e. The largest absolute Gasteiger partial charge is 0.508 e. The molecule has 0 spiro atoms. The number of benzene rings is 1. The summed E-state index contributed by atoms with van der Waals surface area (Å²) in [6.07, 6.45) is 2.49. The molecule has 4 nitrogen and oxygen atoms in total. The molecule has 0 amide bonds. The molecule has 1 aromatic carbocycles. The first-order chi connectivity index (χ1) is 8.11. The van der Waals surface area contributed by atoms with Crippen LogP contribution in [-0.2, 0) is 0 Å². The molecule has 3 atom stereocenters. The van der Waals surface area contributed by atoms with Crippen molar-refractivity contribution < 1.29 is 10.2 Å². The summed E-state index contributed by atoms with van der Waals surface area (Å²) in [5, 5.41) is 22.2. The van der Waals surface area contributed by atoms with Crippen LogP contribution >= 0.6 is 0 Å². The first kappa shape index (κ1) is 11.9. The second-order valence-electron chi connectivity index (χ2n) is 4.90. The van der Waals surface area contributed by atoms with E-state index in [1.165, 1.54) is 6.07 Å². The van der Waals surface area contributed by atoms with Gasteiger partial charge in [-0.2, -0.15) is 4.91 Å². The number of hydrogen-bond acceptors (Lipinski definition) is 4. The number of nitroso groups, excluding NO2 is 1. The summed E-state index contributed by atoms with van der Waals surface area (Å²) in [7, 11) is 0. The van der Waals surface area contributed by atoms with E-state index in [0.29, 0.717) is 0 Å². The minimum Gasteiger partial charge on any atom is -0.508 e. The highest BCUT2D eigenvalue weighted by Gasteiger charge is 2.30. The monoisotopic (exact) mass is 235 g/mol. The van der Waals surface area contributed by atoms with Crippen molar-refractivity contribution in [1.82, 2.24) is 0 Å². The van der Waals surface area contributed by atoms with Crippen molar-refractivity contribution in [2.24, 2.45) is 11.1 Å². The fourth-order valence-corrected chi connectivity index (χ4v) is 2.70. The molecule has 0 aromatic heterocycles. The van der Waals surface area contributed by atoms with E-state index >= 15 is 0 Å². The van der Waals surface area contributed by atoms with Crippen molar-refractivity contribution in [2.45, 2.75) is 38.1 Å². The predicted octanol–water partition coefficient (Wildman–Crippen LogP) is 3.14. The molecule has 0 aliphatic heterocycles. The Kier molecular flexibility index (Phi) is 3.31. The van der Waals surface area contributed by atoms with Gasteiger partial charge in [-0.05, 0) is 42.7 Å². The maximum absolute atomic E-state index is 10.6. The molecule has 0 radical (unpaired) electrons. The summed E-state index contributed by atoms with van der Waals surface area (Å²) < 4.78 is 0. The maximum atomic E-state index is 10.6.